The van der Waals surface area contributed by atoms with Gasteiger partial charge in [-0.25, -0.2) is 13.1 Å². The van der Waals surface area contributed by atoms with Gasteiger partial charge in [-0.1, -0.05) is 36.4 Å². The molecule has 1 aromatic rings. The first-order valence-electron chi connectivity index (χ1n) is 6.05. The van der Waals surface area contributed by atoms with Crippen LogP contribution < -0.4 is 4.72 Å². The number of benzene rings is 1. The Hall–Kier alpha value is -1.04. The third-order valence-corrected chi connectivity index (χ3v) is 4.68. The van der Waals surface area contributed by atoms with Gasteiger partial charge in [0.1, 0.15) is 0 Å². The molecule has 0 aliphatic heterocycles. The fourth-order valence-electron chi connectivity index (χ4n) is 1.31. The summed E-state index contributed by atoms with van der Waals surface area (Å²) in [6.07, 6.45) is 6.70. The Labute approximate surface area is 119 Å². The minimum Gasteiger partial charge on any atom is -0.207 e. The molecule has 1 rings (SSSR count). The molecule has 0 fully saturated rings. The number of hydrogen-bond acceptors (Lipinski definition) is 3. The first kappa shape index (κ1) is 16.0. The Morgan fingerprint density at radius 1 is 1.21 bits per heavy atom. The molecule has 0 atom stereocenters. The van der Waals surface area contributed by atoms with Crippen LogP contribution in [0.2, 0.25) is 0 Å². The quantitative estimate of drug-likeness (QED) is 0.563. The van der Waals surface area contributed by atoms with Crippen molar-refractivity contribution in [2.24, 2.45) is 0 Å². The molecule has 1 N–H and O–H groups in total. The van der Waals surface area contributed by atoms with E-state index in [-0.39, 0.29) is 0 Å². The van der Waals surface area contributed by atoms with Gasteiger partial charge < -0.3 is 0 Å². The van der Waals surface area contributed by atoms with Crippen molar-refractivity contribution >= 4 is 21.8 Å². The zero-order chi connectivity index (χ0) is 14.0. The molecule has 0 radical (unpaired) electrons. The van der Waals surface area contributed by atoms with Crippen molar-refractivity contribution in [3.05, 3.63) is 55.1 Å². The molecule has 104 valence electrons. The number of nitrogens with one attached hydrogen (secondary N) is 1. The van der Waals surface area contributed by atoms with E-state index in [1.54, 1.807) is 42.1 Å². The molecule has 3 nitrogen and oxygen atoms in total. The molecule has 19 heavy (non-hydrogen) atoms. The molecule has 0 bridgehead atoms. The molecule has 5 heteroatoms. The van der Waals surface area contributed by atoms with Gasteiger partial charge in [0.25, 0.3) is 0 Å². The maximum atomic E-state index is 11.8. The number of hydrogen-bond donors (Lipinski definition) is 1. The molecule has 0 saturated heterocycles. The monoisotopic (exact) mass is 297 g/mol. The van der Waals surface area contributed by atoms with E-state index < -0.39 is 10.0 Å². The van der Waals surface area contributed by atoms with Gasteiger partial charge in [0, 0.05) is 12.3 Å². The second-order valence-corrected chi connectivity index (χ2v) is 6.71. The highest BCUT2D eigenvalue weighted by Crippen LogP contribution is 2.06. The Bertz CT molecular complexity index is 495. The highest BCUT2D eigenvalue weighted by molar-refractivity contribution is 7.99. The third kappa shape index (κ3) is 6.61. The van der Waals surface area contributed by atoms with Crippen LogP contribution in [0.1, 0.15) is 6.42 Å². The Kier molecular flexibility index (Phi) is 7.55. The summed E-state index contributed by atoms with van der Waals surface area (Å²) < 4.78 is 26.2. The van der Waals surface area contributed by atoms with Crippen molar-refractivity contribution < 1.29 is 8.42 Å². The van der Waals surface area contributed by atoms with Gasteiger partial charge in [-0.2, -0.15) is 11.8 Å². The zero-order valence-electron chi connectivity index (χ0n) is 10.8. The van der Waals surface area contributed by atoms with E-state index in [1.165, 1.54) is 0 Å². The number of sulfonamides is 1. The predicted octanol–water partition coefficient (Wildman–Crippen LogP) is 2.83. The molecule has 0 aliphatic rings. The van der Waals surface area contributed by atoms with Gasteiger partial charge in [-0.15, -0.1) is 6.58 Å². The standard InChI is InChI=1S/C14H19NO2S2/c1-2-3-12-18-13-8-7-11-15-19(16,17)14-9-5-4-6-10-14/h2,4-10,15H,1,3,11-13H2/b8-7-. The van der Waals surface area contributed by atoms with Gasteiger partial charge >= 0.3 is 0 Å². The van der Waals surface area contributed by atoms with Crippen LogP contribution in [0.25, 0.3) is 0 Å². The number of allylic oxidation sites excluding steroid dienone is 1. The van der Waals surface area contributed by atoms with Crippen LogP contribution >= 0.6 is 11.8 Å². The van der Waals surface area contributed by atoms with Crippen molar-refractivity contribution in [2.45, 2.75) is 11.3 Å². The average Bonchev–Trinajstić information content (AvgIpc) is 2.43. The fraction of sp³-hybridized carbons (Fsp3) is 0.286. The minimum atomic E-state index is -3.38. The van der Waals surface area contributed by atoms with E-state index in [0.29, 0.717) is 11.4 Å². The topological polar surface area (TPSA) is 46.2 Å². The summed E-state index contributed by atoms with van der Waals surface area (Å²) in [6.45, 7) is 3.97. The van der Waals surface area contributed by atoms with Crippen molar-refractivity contribution in [1.82, 2.24) is 4.72 Å². The third-order valence-electron chi connectivity index (χ3n) is 2.29. The summed E-state index contributed by atoms with van der Waals surface area (Å²) >= 11 is 1.80. The lowest BCUT2D eigenvalue weighted by atomic mass is 10.4. The molecule has 0 heterocycles. The summed E-state index contributed by atoms with van der Waals surface area (Å²) in [4.78, 5) is 0.295. The van der Waals surface area contributed by atoms with Gasteiger partial charge in [0.2, 0.25) is 10.0 Å². The van der Waals surface area contributed by atoms with Gasteiger partial charge in [-0.3, -0.25) is 0 Å². The molecule has 0 spiro atoms. The summed E-state index contributed by atoms with van der Waals surface area (Å²) in [5.74, 6) is 1.94. The van der Waals surface area contributed by atoms with E-state index in [2.05, 4.69) is 11.3 Å². The predicted molar refractivity (Wildman–Crippen MR) is 82.9 cm³/mol. The van der Waals surface area contributed by atoms with E-state index in [9.17, 15) is 8.42 Å². The van der Waals surface area contributed by atoms with Crippen LogP contribution in [0, 0.1) is 0 Å². The van der Waals surface area contributed by atoms with Crippen molar-refractivity contribution in [2.75, 3.05) is 18.1 Å². The molecular weight excluding hydrogens is 278 g/mol. The van der Waals surface area contributed by atoms with Crippen LogP contribution in [0.15, 0.2) is 60.0 Å². The highest BCUT2D eigenvalue weighted by Gasteiger charge is 2.10. The summed E-state index contributed by atoms with van der Waals surface area (Å²) in [5.41, 5.74) is 0. The van der Waals surface area contributed by atoms with E-state index in [4.69, 9.17) is 0 Å². The van der Waals surface area contributed by atoms with Crippen LogP contribution in [-0.2, 0) is 10.0 Å². The van der Waals surface area contributed by atoms with E-state index in [1.807, 2.05) is 18.2 Å². The van der Waals surface area contributed by atoms with Crippen molar-refractivity contribution in [3.63, 3.8) is 0 Å². The van der Waals surface area contributed by atoms with Crippen molar-refractivity contribution in [1.29, 1.82) is 0 Å². The van der Waals surface area contributed by atoms with Crippen LogP contribution in [0.4, 0.5) is 0 Å². The average molecular weight is 297 g/mol. The van der Waals surface area contributed by atoms with Gasteiger partial charge in [0.15, 0.2) is 0 Å². The summed E-state index contributed by atoms with van der Waals surface area (Å²) in [5, 5.41) is 0. The Morgan fingerprint density at radius 2 is 1.95 bits per heavy atom. The molecular formula is C14H19NO2S2. The first-order valence-corrected chi connectivity index (χ1v) is 8.69. The molecule has 0 aliphatic carbocycles. The van der Waals surface area contributed by atoms with Gasteiger partial charge in [0.05, 0.1) is 4.90 Å². The summed E-state index contributed by atoms with van der Waals surface area (Å²) in [7, 11) is -3.38. The fourth-order valence-corrected chi connectivity index (χ4v) is 3.08. The maximum absolute atomic E-state index is 11.8. The normalized spacial score (nSPS) is 11.8. The lowest BCUT2D eigenvalue weighted by Crippen LogP contribution is -2.23. The SMILES string of the molecule is C=CCCSC/C=C\CNS(=O)(=O)c1ccccc1. The number of thioether (sulfide) groups is 1. The Morgan fingerprint density at radius 3 is 2.63 bits per heavy atom. The largest absolute Gasteiger partial charge is 0.240 e. The van der Waals surface area contributed by atoms with E-state index >= 15 is 0 Å². The van der Waals surface area contributed by atoms with Gasteiger partial charge in [-0.05, 0) is 24.3 Å². The molecule has 1 aromatic carbocycles. The minimum absolute atomic E-state index is 0.295. The van der Waals surface area contributed by atoms with Crippen LogP contribution in [0.5, 0.6) is 0 Å². The van der Waals surface area contributed by atoms with Crippen LogP contribution in [0.3, 0.4) is 0 Å². The second-order valence-electron chi connectivity index (χ2n) is 3.79. The lowest BCUT2D eigenvalue weighted by Gasteiger charge is -2.03. The number of rotatable bonds is 9. The second kappa shape index (κ2) is 8.96. The lowest BCUT2D eigenvalue weighted by molar-refractivity contribution is 0.585. The molecule has 0 aromatic heterocycles. The summed E-state index contributed by atoms with van der Waals surface area (Å²) in [6, 6.07) is 8.37. The molecule has 0 saturated carbocycles. The van der Waals surface area contributed by atoms with Crippen LogP contribution in [-0.4, -0.2) is 26.5 Å². The maximum Gasteiger partial charge on any atom is 0.240 e. The Balaban J connectivity index is 2.29. The van der Waals surface area contributed by atoms with E-state index in [0.717, 1.165) is 17.9 Å². The smallest absolute Gasteiger partial charge is 0.207 e. The molecule has 0 unspecified atom stereocenters. The zero-order valence-corrected chi connectivity index (χ0v) is 12.4. The van der Waals surface area contributed by atoms with Crippen molar-refractivity contribution in [3.8, 4) is 0 Å². The first-order chi connectivity index (χ1) is 9.17. The molecule has 0 amide bonds. The highest BCUT2D eigenvalue weighted by atomic mass is 32.2.